The van der Waals surface area contributed by atoms with E-state index in [0.717, 1.165) is 10.0 Å². The van der Waals surface area contributed by atoms with Crippen molar-refractivity contribution in [2.75, 3.05) is 13.1 Å². The van der Waals surface area contributed by atoms with E-state index in [4.69, 9.17) is 5.26 Å². The van der Waals surface area contributed by atoms with Crippen LogP contribution in [-0.2, 0) is 4.79 Å². The summed E-state index contributed by atoms with van der Waals surface area (Å²) >= 11 is 3.33. The summed E-state index contributed by atoms with van der Waals surface area (Å²) in [7, 11) is 0. The van der Waals surface area contributed by atoms with E-state index in [1.165, 1.54) is 0 Å². The van der Waals surface area contributed by atoms with Crippen molar-refractivity contribution in [3.8, 4) is 6.07 Å². The predicted molar refractivity (Wildman–Crippen MR) is 108 cm³/mol. The monoisotopic (exact) mass is 427 g/mol. The number of benzene rings is 2. The van der Waals surface area contributed by atoms with E-state index < -0.39 is 0 Å². The Morgan fingerprint density at radius 2 is 1.78 bits per heavy atom. The standard InChI is InChI=1S/C21H22BrN3O2/c1-3-25(15(2)17-6-4-16(14-23)5-7-17)20(26)12-13-24-21(27)18-8-10-19(22)11-9-18/h4-11,15H,3,12-13H2,1-2H3,(H,24,27). The van der Waals surface area contributed by atoms with E-state index in [1.807, 2.05) is 26.0 Å². The first-order valence-corrected chi connectivity index (χ1v) is 9.58. The topological polar surface area (TPSA) is 73.2 Å². The lowest BCUT2D eigenvalue weighted by Gasteiger charge is -2.28. The fourth-order valence-corrected chi connectivity index (χ4v) is 3.08. The number of nitrogens with zero attached hydrogens (tertiary/aromatic N) is 2. The van der Waals surface area contributed by atoms with Crippen molar-refractivity contribution in [1.29, 1.82) is 5.26 Å². The van der Waals surface area contributed by atoms with E-state index in [9.17, 15) is 9.59 Å². The SMILES string of the molecule is CCN(C(=O)CCNC(=O)c1ccc(Br)cc1)C(C)c1ccc(C#N)cc1. The van der Waals surface area contributed by atoms with Gasteiger partial charge in [-0.3, -0.25) is 9.59 Å². The van der Waals surface area contributed by atoms with E-state index in [1.54, 1.807) is 41.3 Å². The van der Waals surface area contributed by atoms with Crippen LogP contribution < -0.4 is 5.32 Å². The van der Waals surface area contributed by atoms with E-state index >= 15 is 0 Å². The molecule has 0 bridgehead atoms. The average molecular weight is 428 g/mol. The number of nitriles is 1. The third-order valence-corrected chi connectivity index (χ3v) is 4.91. The Morgan fingerprint density at radius 3 is 2.33 bits per heavy atom. The summed E-state index contributed by atoms with van der Waals surface area (Å²) in [5.41, 5.74) is 2.13. The van der Waals surface area contributed by atoms with Gasteiger partial charge < -0.3 is 10.2 Å². The smallest absolute Gasteiger partial charge is 0.251 e. The van der Waals surface area contributed by atoms with Gasteiger partial charge in [-0.15, -0.1) is 0 Å². The summed E-state index contributed by atoms with van der Waals surface area (Å²) in [5.74, 6) is -0.219. The highest BCUT2D eigenvalue weighted by Crippen LogP contribution is 2.21. The molecule has 2 rings (SSSR count). The van der Waals surface area contributed by atoms with Crippen LogP contribution in [0.4, 0.5) is 0 Å². The lowest BCUT2D eigenvalue weighted by atomic mass is 10.0. The highest BCUT2D eigenvalue weighted by molar-refractivity contribution is 9.10. The van der Waals surface area contributed by atoms with Crippen LogP contribution in [0.25, 0.3) is 0 Å². The lowest BCUT2D eigenvalue weighted by molar-refractivity contribution is -0.133. The maximum atomic E-state index is 12.6. The molecule has 0 aliphatic rings. The van der Waals surface area contributed by atoms with Crippen molar-refractivity contribution >= 4 is 27.7 Å². The first kappa shape index (κ1) is 20.7. The van der Waals surface area contributed by atoms with Crippen LogP contribution in [0.15, 0.2) is 53.0 Å². The maximum absolute atomic E-state index is 12.6. The molecule has 6 heteroatoms. The molecular formula is C21H22BrN3O2. The Balaban J connectivity index is 1.91. The van der Waals surface area contributed by atoms with Gasteiger partial charge in [-0.05, 0) is 55.8 Å². The Morgan fingerprint density at radius 1 is 1.15 bits per heavy atom. The zero-order valence-electron chi connectivity index (χ0n) is 15.4. The van der Waals surface area contributed by atoms with Crippen LogP contribution in [0.5, 0.6) is 0 Å². The van der Waals surface area contributed by atoms with Crippen LogP contribution in [0.2, 0.25) is 0 Å². The van der Waals surface area contributed by atoms with Gasteiger partial charge in [0.25, 0.3) is 5.91 Å². The first-order chi connectivity index (χ1) is 13.0. The summed E-state index contributed by atoms with van der Waals surface area (Å²) in [6.07, 6.45) is 0.233. The van der Waals surface area contributed by atoms with Crippen LogP contribution in [0.3, 0.4) is 0 Å². The van der Waals surface area contributed by atoms with Gasteiger partial charge in [0.2, 0.25) is 5.91 Å². The van der Waals surface area contributed by atoms with Crippen molar-refractivity contribution in [1.82, 2.24) is 10.2 Å². The van der Waals surface area contributed by atoms with Gasteiger partial charge >= 0.3 is 0 Å². The number of rotatable bonds is 7. The summed E-state index contributed by atoms with van der Waals surface area (Å²) in [6.45, 7) is 4.74. The zero-order chi connectivity index (χ0) is 19.8. The Kier molecular flexibility index (Phi) is 7.56. The van der Waals surface area contributed by atoms with Crippen LogP contribution in [-0.4, -0.2) is 29.8 Å². The molecule has 0 saturated heterocycles. The number of halogens is 1. The summed E-state index contributed by atoms with van der Waals surface area (Å²) in [4.78, 5) is 26.5. The zero-order valence-corrected chi connectivity index (χ0v) is 17.0. The van der Waals surface area contributed by atoms with E-state index in [2.05, 4.69) is 27.3 Å². The second-order valence-electron chi connectivity index (χ2n) is 6.10. The van der Waals surface area contributed by atoms with Gasteiger partial charge in [0, 0.05) is 29.5 Å². The van der Waals surface area contributed by atoms with Gasteiger partial charge in [-0.25, -0.2) is 0 Å². The van der Waals surface area contributed by atoms with E-state index in [0.29, 0.717) is 17.7 Å². The van der Waals surface area contributed by atoms with Gasteiger partial charge in [-0.1, -0.05) is 28.1 Å². The minimum absolute atomic E-state index is 0.0227. The number of nitrogens with one attached hydrogen (secondary N) is 1. The molecular weight excluding hydrogens is 406 g/mol. The third kappa shape index (κ3) is 5.66. The van der Waals surface area contributed by atoms with Gasteiger partial charge in [0.05, 0.1) is 17.7 Å². The molecule has 0 heterocycles. The molecule has 1 unspecified atom stereocenters. The molecule has 0 aliphatic heterocycles. The van der Waals surface area contributed by atoms with Crippen molar-refractivity contribution in [3.05, 3.63) is 69.7 Å². The highest BCUT2D eigenvalue weighted by Gasteiger charge is 2.20. The van der Waals surface area contributed by atoms with Crippen molar-refractivity contribution < 1.29 is 9.59 Å². The quantitative estimate of drug-likeness (QED) is 0.723. The molecule has 27 heavy (non-hydrogen) atoms. The lowest BCUT2D eigenvalue weighted by Crippen LogP contribution is -2.36. The Labute approximate surface area is 168 Å². The maximum Gasteiger partial charge on any atom is 0.251 e. The van der Waals surface area contributed by atoms with E-state index in [-0.39, 0.29) is 30.8 Å². The molecule has 2 amide bonds. The molecule has 0 saturated carbocycles. The van der Waals surface area contributed by atoms with Gasteiger partial charge in [-0.2, -0.15) is 5.26 Å². The van der Waals surface area contributed by atoms with Crippen LogP contribution in [0.1, 0.15) is 47.8 Å². The number of hydrogen-bond acceptors (Lipinski definition) is 3. The second kappa shape index (κ2) is 9.89. The number of carbonyl (C=O) groups excluding carboxylic acids is 2. The summed E-state index contributed by atoms with van der Waals surface area (Å²) in [6, 6.07) is 16.3. The molecule has 2 aromatic carbocycles. The fourth-order valence-electron chi connectivity index (χ4n) is 2.81. The Bertz CT molecular complexity index is 826. The molecule has 0 fully saturated rings. The fraction of sp³-hybridized carbons (Fsp3) is 0.286. The minimum atomic E-state index is -0.196. The van der Waals surface area contributed by atoms with Gasteiger partial charge in [0.1, 0.15) is 0 Å². The van der Waals surface area contributed by atoms with Crippen LogP contribution >= 0.6 is 15.9 Å². The minimum Gasteiger partial charge on any atom is -0.352 e. The first-order valence-electron chi connectivity index (χ1n) is 8.79. The molecule has 2 aromatic rings. The third-order valence-electron chi connectivity index (χ3n) is 4.38. The highest BCUT2D eigenvalue weighted by atomic mass is 79.9. The van der Waals surface area contributed by atoms with Crippen molar-refractivity contribution in [2.45, 2.75) is 26.3 Å². The second-order valence-corrected chi connectivity index (χ2v) is 7.02. The normalized spacial score (nSPS) is 11.3. The summed E-state index contributed by atoms with van der Waals surface area (Å²) < 4.78 is 0.907. The molecule has 5 nitrogen and oxygen atoms in total. The van der Waals surface area contributed by atoms with Gasteiger partial charge in [0.15, 0.2) is 0 Å². The molecule has 0 aromatic heterocycles. The number of carbonyl (C=O) groups is 2. The number of amides is 2. The van der Waals surface area contributed by atoms with Crippen LogP contribution in [0, 0.1) is 11.3 Å². The summed E-state index contributed by atoms with van der Waals surface area (Å²) in [5, 5.41) is 11.7. The Hall–Kier alpha value is -2.65. The molecule has 1 N–H and O–H groups in total. The largest absolute Gasteiger partial charge is 0.352 e. The molecule has 0 aliphatic carbocycles. The molecule has 1 atom stereocenters. The predicted octanol–water partition coefficient (Wildman–Crippen LogP) is 4.05. The molecule has 140 valence electrons. The average Bonchev–Trinajstić information content (AvgIpc) is 2.69. The van der Waals surface area contributed by atoms with Crippen molar-refractivity contribution in [2.24, 2.45) is 0 Å². The molecule has 0 radical (unpaired) electrons. The number of hydrogen-bond donors (Lipinski definition) is 1. The molecule has 0 spiro atoms. The van der Waals surface area contributed by atoms with Crippen molar-refractivity contribution in [3.63, 3.8) is 0 Å².